The fourth-order valence-electron chi connectivity index (χ4n) is 1.35. The maximum atomic E-state index is 11.2. The van der Waals surface area contributed by atoms with Gasteiger partial charge in [-0.1, -0.05) is 22.6 Å². The highest BCUT2D eigenvalue weighted by atomic mass is 127. The average molecular weight is 288 g/mol. The third-order valence-electron chi connectivity index (χ3n) is 1.96. The van der Waals surface area contributed by atoms with Gasteiger partial charge in [-0.3, -0.25) is 4.79 Å². The fraction of sp³-hybridized carbons (Fsp3) is 0.857. The zero-order valence-corrected chi connectivity index (χ0v) is 9.14. The van der Waals surface area contributed by atoms with Crippen LogP contribution < -0.4 is 0 Å². The van der Waals surface area contributed by atoms with Crippen LogP contribution in [-0.4, -0.2) is 33.7 Å². The van der Waals surface area contributed by atoms with E-state index in [1.165, 1.54) is 0 Å². The molecular weight excluding hydrogens is 276 g/mol. The van der Waals surface area contributed by atoms with E-state index in [4.69, 9.17) is 11.6 Å². The molecule has 1 atom stereocenters. The Morgan fingerprint density at radius 3 is 3.00 bits per heavy atom. The molecule has 1 unspecified atom stereocenters. The first kappa shape index (κ1) is 9.58. The second kappa shape index (κ2) is 4.50. The van der Waals surface area contributed by atoms with Crippen molar-refractivity contribution in [3.8, 4) is 0 Å². The lowest BCUT2D eigenvalue weighted by Crippen LogP contribution is -2.35. The van der Waals surface area contributed by atoms with Crippen LogP contribution in [0.4, 0.5) is 0 Å². The molecule has 1 aliphatic rings. The number of carbonyl (C=O) groups excluding carboxylic acids is 1. The van der Waals surface area contributed by atoms with Crippen LogP contribution in [-0.2, 0) is 4.79 Å². The summed E-state index contributed by atoms with van der Waals surface area (Å²) in [4.78, 5) is 13.1. The molecule has 0 saturated carbocycles. The van der Waals surface area contributed by atoms with E-state index >= 15 is 0 Å². The number of alkyl halides is 2. The van der Waals surface area contributed by atoms with Gasteiger partial charge in [-0.2, -0.15) is 0 Å². The Kier molecular flexibility index (Phi) is 3.92. The van der Waals surface area contributed by atoms with Crippen LogP contribution in [0.15, 0.2) is 0 Å². The van der Waals surface area contributed by atoms with Gasteiger partial charge in [0.2, 0.25) is 5.91 Å². The third-order valence-corrected chi connectivity index (χ3v) is 3.14. The molecule has 0 aromatic rings. The predicted molar refractivity (Wildman–Crippen MR) is 54.3 cm³/mol. The summed E-state index contributed by atoms with van der Waals surface area (Å²) in [5.74, 6) is 0.825. The molecule has 0 radical (unpaired) electrons. The van der Waals surface area contributed by atoms with Crippen LogP contribution in [0.1, 0.15) is 12.8 Å². The van der Waals surface area contributed by atoms with Gasteiger partial charge < -0.3 is 4.90 Å². The molecule has 2 nitrogen and oxygen atoms in total. The van der Waals surface area contributed by atoms with E-state index in [1.807, 2.05) is 4.90 Å². The average Bonchev–Trinajstić information content (AvgIpc) is 2.34. The van der Waals surface area contributed by atoms with E-state index in [0.717, 1.165) is 10.8 Å². The molecular formula is C7H11ClINO. The van der Waals surface area contributed by atoms with E-state index in [2.05, 4.69) is 22.6 Å². The molecule has 0 bridgehead atoms. The highest BCUT2D eigenvalue weighted by Gasteiger charge is 2.28. The quantitative estimate of drug-likeness (QED) is 0.571. The van der Waals surface area contributed by atoms with E-state index < -0.39 is 0 Å². The Bertz CT molecular complexity index is 153. The molecule has 1 saturated heterocycles. The van der Waals surface area contributed by atoms with Crippen LogP contribution in [0.2, 0.25) is 0 Å². The summed E-state index contributed by atoms with van der Waals surface area (Å²) in [7, 11) is 0. The summed E-state index contributed by atoms with van der Waals surface area (Å²) in [5, 5.41) is 0. The Labute approximate surface area is 85.4 Å². The topological polar surface area (TPSA) is 20.3 Å². The molecule has 1 aliphatic heterocycles. The number of halogens is 2. The molecule has 1 rings (SSSR count). The Balaban J connectivity index is 2.49. The molecule has 1 amide bonds. The first-order valence-corrected chi connectivity index (χ1v) is 5.77. The van der Waals surface area contributed by atoms with Crippen molar-refractivity contribution in [2.24, 2.45) is 0 Å². The minimum atomic E-state index is 0.271. The number of nitrogens with zero attached hydrogens (tertiary/aromatic N) is 1. The van der Waals surface area contributed by atoms with E-state index in [1.54, 1.807) is 0 Å². The zero-order valence-electron chi connectivity index (χ0n) is 6.22. The lowest BCUT2D eigenvalue weighted by atomic mass is 10.2. The number of amides is 1. The smallest absolute Gasteiger partial charge is 0.222 e. The van der Waals surface area contributed by atoms with Gasteiger partial charge in [-0.15, -0.1) is 11.6 Å². The van der Waals surface area contributed by atoms with Gasteiger partial charge in [0.15, 0.2) is 0 Å². The number of likely N-dealkylation sites (tertiary alicyclic amines) is 1. The normalized spacial score (nSPS) is 24.7. The standard InChI is InChI=1S/C7H11ClINO/c8-3-4-10-6(5-9)1-2-7(10)11/h6H,1-5H2. The summed E-state index contributed by atoms with van der Waals surface area (Å²) in [5.41, 5.74) is 0. The maximum Gasteiger partial charge on any atom is 0.222 e. The van der Waals surface area contributed by atoms with Crippen LogP contribution >= 0.6 is 34.2 Å². The number of hydrogen-bond donors (Lipinski definition) is 0. The van der Waals surface area contributed by atoms with Gasteiger partial charge in [-0.25, -0.2) is 0 Å². The van der Waals surface area contributed by atoms with Crippen molar-refractivity contribution < 1.29 is 4.79 Å². The number of rotatable bonds is 3. The van der Waals surface area contributed by atoms with Crippen molar-refractivity contribution in [2.75, 3.05) is 16.9 Å². The first-order valence-electron chi connectivity index (χ1n) is 3.71. The second-order valence-electron chi connectivity index (χ2n) is 2.62. The van der Waals surface area contributed by atoms with Crippen molar-refractivity contribution in [3.63, 3.8) is 0 Å². The molecule has 0 aromatic carbocycles. The summed E-state index contributed by atoms with van der Waals surface area (Å²) in [6, 6.07) is 0.446. The molecule has 4 heteroatoms. The zero-order chi connectivity index (χ0) is 8.27. The van der Waals surface area contributed by atoms with Crippen molar-refractivity contribution in [1.82, 2.24) is 4.90 Å². The van der Waals surface area contributed by atoms with Crippen LogP contribution in [0, 0.1) is 0 Å². The van der Waals surface area contributed by atoms with Crippen molar-refractivity contribution >= 4 is 40.1 Å². The fourth-order valence-corrected chi connectivity index (χ4v) is 2.45. The lowest BCUT2D eigenvalue weighted by Gasteiger charge is -2.21. The van der Waals surface area contributed by atoms with E-state index in [9.17, 15) is 4.79 Å². The molecule has 0 N–H and O–H groups in total. The van der Waals surface area contributed by atoms with Crippen LogP contribution in [0.5, 0.6) is 0 Å². The molecule has 0 aliphatic carbocycles. The van der Waals surface area contributed by atoms with Gasteiger partial charge in [0.05, 0.1) is 0 Å². The first-order chi connectivity index (χ1) is 5.29. The summed E-state index contributed by atoms with van der Waals surface area (Å²) in [6.07, 6.45) is 1.73. The Hall–Kier alpha value is 0.490. The van der Waals surface area contributed by atoms with Gasteiger partial charge in [0, 0.05) is 29.3 Å². The van der Waals surface area contributed by atoms with E-state index in [-0.39, 0.29) is 5.91 Å². The molecule has 0 aromatic heterocycles. The molecule has 1 fully saturated rings. The largest absolute Gasteiger partial charge is 0.338 e. The lowest BCUT2D eigenvalue weighted by molar-refractivity contribution is -0.128. The predicted octanol–water partition coefficient (Wildman–Crippen LogP) is 1.65. The minimum Gasteiger partial charge on any atom is -0.338 e. The number of carbonyl (C=O) groups is 1. The van der Waals surface area contributed by atoms with Gasteiger partial charge in [0.1, 0.15) is 0 Å². The summed E-state index contributed by atoms with van der Waals surface area (Å²) < 4.78 is 1.03. The minimum absolute atomic E-state index is 0.271. The molecule has 0 spiro atoms. The highest BCUT2D eigenvalue weighted by molar-refractivity contribution is 14.1. The highest BCUT2D eigenvalue weighted by Crippen LogP contribution is 2.19. The monoisotopic (exact) mass is 287 g/mol. The summed E-state index contributed by atoms with van der Waals surface area (Å²) in [6.45, 7) is 0.716. The maximum absolute atomic E-state index is 11.2. The van der Waals surface area contributed by atoms with Gasteiger partial charge in [-0.05, 0) is 6.42 Å². The van der Waals surface area contributed by atoms with Crippen molar-refractivity contribution in [2.45, 2.75) is 18.9 Å². The van der Waals surface area contributed by atoms with Crippen LogP contribution in [0.3, 0.4) is 0 Å². The van der Waals surface area contributed by atoms with Crippen molar-refractivity contribution in [3.05, 3.63) is 0 Å². The number of hydrogen-bond acceptors (Lipinski definition) is 1. The Morgan fingerprint density at radius 2 is 2.45 bits per heavy atom. The van der Waals surface area contributed by atoms with Crippen LogP contribution in [0.25, 0.3) is 0 Å². The third kappa shape index (κ3) is 2.21. The van der Waals surface area contributed by atoms with Crippen molar-refractivity contribution in [1.29, 1.82) is 0 Å². The Morgan fingerprint density at radius 1 is 1.73 bits per heavy atom. The van der Waals surface area contributed by atoms with Gasteiger partial charge in [0.25, 0.3) is 0 Å². The molecule has 11 heavy (non-hydrogen) atoms. The second-order valence-corrected chi connectivity index (χ2v) is 3.88. The van der Waals surface area contributed by atoms with E-state index in [0.29, 0.717) is 24.9 Å². The molecule has 64 valence electrons. The van der Waals surface area contributed by atoms with Gasteiger partial charge >= 0.3 is 0 Å². The summed E-state index contributed by atoms with van der Waals surface area (Å²) >= 11 is 7.89. The molecule has 1 heterocycles. The SMILES string of the molecule is O=C1CCC(CI)N1CCCl.